The summed E-state index contributed by atoms with van der Waals surface area (Å²) in [4.78, 5) is 11.8. The highest BCUT2D eigenvalue weighted by Gasteiger charge is 2.18. The van der Waals surface area contributed by atoms with E-state index in [4.69, 9.17) is 21.1 Å². The van der Waals surface area contributed by atoms with Crippen LogP contribution in [0.25, 0.3) is 0 Å². The molecule has 0 atom stereocenters. The van der Waals surface area contributed by atoms with Crippen molar-refractivity contribution < 1.29 is 22.7 Å². The van der Waals surface area contributed by atoms with Crippen molar-refractivity contribution in [1.82, 2.24) is 4.72 Å². The maximum absolute atomic E-state index is 12.6. The van der Waals surface area contributed by atoms with Gasteiger partial charge in [-0.1, -0.05) is 29.8 Å². The third-order valence-corrected chi connectivity index (χ3v) is 6.31. The van der Waals surface area contributed by atoms with E-state index in [0.29, 0.717) is 28.5 Å². The Kier molecular flexibility index (Phi) is 7.33. The number of nitrogens with one attached hydrogen (secondary N) is 1. The lowest BCUT2D eigenvalue weighted by Crippen LogP contribution is -2.26. The first-order chi connectivity index (χ1) is 14.8. The summed E-state index contributed by atoms with van der Waals surface area (Å²) in [5.41, 5.74) is 1.82. The minimum Gasteiger partial charge on any atom is -0.465 e. The lowest BCUT2D eigenvalue weighted by Gasteiger charge is -2.10. The number of carbonyl (C=O) groups excluding carboxylic acids is 1. The van der Waals surface area contributed by atoms with Crippen LogP contribution >= 0.6 is 11.6 Å². The van der Waals surface area contributed by atoms with Crippen molar-refractivity contribution in [3.63, 3.8) is 0 Å². The minimum absolute atomic E-state index is 0.0187. The van der Waals surface area contributed by atoms with Crippen LogP contribution in [-0.2, 0) is 21.2 Å². The van der Waals surface area contributed by atoms with Crippen LogP contribution in [0.4, 0.5) is 0 Å². The molecule has 31 heavy (non-hydrogen) atoms. The Morgan fingerprint density at radius 1 is 0.968 bits per heavy atom. The van der Waals surface area contributed by atoms with E-state index in [2.05, 4.69) is 4.72 Å². The minimum atomic E-state index is -3.76. The third kappa shape index (κ3) is 6.07. The van der Waals surface area contributed by atoms with Crippen LogP contribution in [0.1, 0.15) is 21.5 Å². The van der Waals surface area contributed by atoms with E-state index < -0.39 is 16.0 Å². The van der Waals surface area contributed by atoms with Crippen LogP contribution < -0.4 is 9.46 Å². The van der Waals surface area contributed by atoms with Gasteiger partial charge in [-0.15, -0.1) is 0 Å². The first-order valence-corrected chi connectivity index (χ1v) is 11.4. The molecule has 0 aliphatic rings. The molecule has 0 fully saturated rings. The van der Waals surface area contributed by atoms with Crippen molar-refractivity contribution in [1.29, 1.82) is 0 Å². The summed E-state index contributed by atoms with van der Waals surface area (Å²) in [6.07, 6.45) is 0.496. The quantitative estimate of drug-likeness (QED) is 0.491. The monoisotopic (exact) mass is 459 g/mol. The van der Waals surface area contributed by atoms with Gasteiger partial charge in [-0.3, -0.25) is 0 Å². The van der Waals surface area contributed by atoms with Crippen molar-refractivity contribution in [2.75, 3.05) is 13.7 Å². The third-order valence-electron chi connectivity index (χ3n) is 4.60. The van der Waals surface area contributed by atoms with Gasteiger partial charge in [0.25, 0.3) is 0 Å². The molecule has 0 bridgehead atoms. The summed E-state index contributed by atoms with van der Waals surface area (Å²) in [5, 5.41) is 0.636. The first kappa shape index (κ1) is 22.8. The number of benzene rings is 3. The molecule has 1 N–H and O–H groups in total. The summed E-state index contributed by atoms with van der Waals surface area (Å²) in [7, 11) is -2.50. The Morgan fingerprint density at radius 2 is 1.58 bits per heavy atom. The molecule has 0 aliphatic heterocycles. The van der Waals surface area contributed by atoms with Gasteiger partial charge in [0.05, 0.1) is 17.6 Å². The second-order valence-electron chi connectivity index (χ2n) is 6.82. The molecular weight excluding hydrogens is 438 g/mol. The highest BCUT2D eigenvalue weighted by molar-refractivity contribution is 7.89. The van der Waals surface area contributed by atoms with Gasteiger partial charge >= 0.3 is 5.97 Å². The van der Waals surface area contributed by atoms with Gasteiger partial charge in [0.1, 0.15) is 11.5 Å². The number of halogens is 1. The Hall–Kier alpha value is -2.87. The number of sulfonamides is 1. The van der Waals surface area contributed by atoms with Gasteiger partial charge in [-0.05, 0) is 73.0 Å². The van der Waals surface area contributed by atoms with Crippen molar-refractivity contribution in [3.8, 4) is 11.5 Å². The van der Waals surface area contributed by atoms with Gasteiger partial charge < -0.3 is 9.47 Å². The molecule has 3 rings (SSSR count). The zero-order chi connectivity index (χ0) is 22.4. The molecule has 8 heteroatoms. The number of carbonyl (C=O) groups is 1. The smallest absolute Gasteiger partial charge is 0.338 e. The average Bonchev–Trinajstić information content (AvgIpc) is 2.76. The predicted octanol–water partition coefficient (Wildman–Crippen LogP) is 4.75. The van der Waals surface area contributed by atoms with E-state index in [1.807, 2.05) is 24.3 Å². The normalized spacial score (nSPS) is 11.2. The second-order valence-corrected chi connectivity index (χ2v) is 9.02. The van der Waals surface area contributed by atoms with E-state index in [9.17, 15) is 13.2 Å². The summed E-state index contributed by atoms with van der Waals surface area (Å²) < 4.78 is 38.2. The zero-order valence-electron chi connectivity index (χ0n) is 17.1. The number of hydrogen-bond acceptors (Lipinski definition) is 5. The maximum atomic E-state index is 12.6. The van der Waals surface area contributed by atoms with Crippen LogP contribution in [0.15, 0.2) is 71.6 Å². The first-order valence-electron chi connectivity index (χ1n) is 9.49. The SMILES string of the molecule is COC(=O)c1cc(S(=O)(=O)NCCc2ccc(Oc3ccc(Cl)cc3)cc2)ccc1C. The standard InChI is InChI=1S/C23H22ClNO5S/c1-16-3-12-21(15-22(16)23(26)29-2)31(27,28)25-14-13-17-4-8-19(9-5-17)30-20-10-6-18(24)7-11-20/h3-12,15,25H,13-14H2,1-2H3. The molecule has 3 aromatic rings. The van der Waals surface area contributed by atoms with E-state index >= 15 is 0 Å². The van der Waals surface area contributed by atoms with Gasteiger partial charge in [0, 0.05) is 11.6 Å². The molecular formula is C23H22ClNO5S. The van der Waals surface area contributed by atoms with Gasteiger partial charge in [0.15, 0.2) is 0 Å². The highest BCUT2D eigenvalue weighted by atomic mass is 35.5. The van der Waals surface area contributed by atoms with Gasteiger partial charge in [0.2, 0.25) is 10.0 Å². The molecule has 0 aromatic heterocycles. The fourth-order valence-corrected chi connectivity index (χ4v) is 4.06. The zero-order valence-corrected chi connectivity index (χ0v) is 18.7. The molecule has 0 aliphatic carbocycles. The molecule has 6 nitrogen and oxygen atoms in total. The summed E-state index contributed by atoms with van der Waals surface area (Å²) >= 11 is 5.87. The number of esters is 1. The molecule has 0 spiro atoms. The Balaban J connectivity index is 1.59. The highest BCUT2D eigenvalue weighted by Crippen LogP contribution is 2.23. The Labute approximate surface area is 186 Å². The molecule has 3 aromatic carbocycles. The number of rotatable bonds is 8. The lowest BCUT2D eigenvalue weighted by atomic mass is 10.1. The van der Waals surface area contributed by atoms with Crippen LogP contribution in [-0.4, -0.2) is 28.0 Å². The molecule has 0 heterocycles. The van der Waals surface area contributed by atoms with Gasteiger partial charge in [-0.2, -0.15) is 0 Å². The lowest BCUT2D eigenvalue weighted by molar-refractivity contribution is 0.0599. The predicted molar refractivity (Wildman–Crippen MR) is 119 cm³/mol. The molecule has 0 unspecified atom stereocenters. The van der Waals surface area contributed by atoms with Crippen molar-refractivity contribution in [2.45, 2.75) is 18.2 Å². The van der Waals surface area contributed by atoms with Crippen molar-refractivity contribution >= 4 is 27.6 Å². The maximum Gasteiger partial charge on any atom is 0.338 e. The van der Waals surface area contributed by atoms with Gasteiger partial charge in [-0.25, -0.2) is 17.9 Å². The second kappa shape index (κ2) is 9.96. The fraction of sp³-hybridized carbons (Fsp3) is 0.174. The molecule has 0 saturated heterocycles. The van der Waals surface area contributed by atoms with Crippen molar-refractivity contribution in [3.05, 3.63) is 88.4 Å². The van der Waals surface area contributed by atoms with Crippen molar-refractivity contribution in [2.24, 2.45) is 0 Å². The summed E-state index contributed by atoms with van der Waals surface area (Å²) in [6, 6.07) is 18.8. The van der Waals surface area contributed by atoms with Crippen LogP contribution in [0, 0.1) is 6.92 Å². The fourth-order valence-electron chi connectivity index (χ4n) is 2.87. The molecule has 0 saturated carbocycles. The topological polar surface area (TPSA) is 81.7 Å². The number of methoxy groups -OCH3 is 1. The van der Waals surface area contributed by atoms with E-state index in [-0.39, 0.29) is 17.0 Å². The largest absolute Gasteiger partial charge is 0.465 e. The van der Waals surface area contributed by atoms with E-state index in [1.165, 1.54) is 19.2 Å². The Morgan fingerprint density at radius 3 is 2.19 bits per heavy atom. The number of ether oxygens (including phenoxy) is 2. The molecule has 162 valence electrons. The van der Waals surface area contributed by atoms with Crippen LogP contribution in [0.2, 0.25) is 5.02 Å². The summed E-state index contributed by atoms with van der Waals surface area (Å²) in [6.45, 7) is 1.93. The van der Waals surface area contributed by atoms with Crippen LogP contribution in [0.3, 0.4) is 0 Å². The number of aryl methyl sites for hydroxylation is 1. The average molecular weight is 460 g/mol. The summed E-state index contributed by atoms with van der Waals surface area (Å²) in [5.74, 6) is 0.770. The Bertz CT molecular complexity index is 1160. The molecule has 0 amide bonds. The van der Waals surface area contributed by atoms with E-state index in [1.54, 1.807) is 37.3 Å². The molecule has 0 radical (unpaired) electrons. The van der Waals surface area contributed by atoms with Crippen LogP contribution in [0.5, 0.6) is 11.5 Å². The number of hydrogen-bond donors (Lipinski definition) is 1. The van der Waals surface area contributed by atoms with E-state index in [0.717, 1.165) is 5.56 Å².